The van der Waals surface area contributed by atoms with Crippen LogP contribution in [0, 0.1) is 0 Å². The van der Waals surface area contributed by atoms with Crippen molar-refractivity contribution in [1.29, 1.82) is 0 Å². The Morgan fingerprint density at radius 3 is 2.60 bits per heavy atom. The maximum Gasteiger partial charge on any atom is 0.343 e. The van der Waals surface area contributed by atoms with Gasteiger partial charge in [0, 0.05) is 17.7 Å². The van der Waals surface area contributed by atoms with Crippen LogP contribution in [0.3, 0.4) is 0 Å². The zero-order valence-electron chi connectivity index (χ0n) is 10.8. The molecule has 0 spiro atoms. The van der Waals surface area contributed by atoms with Gasteiger partial charge in [-0.15, -0.1) is 0 Å². The van der Waals surface area contributed by atoms with E-state index in [-0.39, 0.29) is 5.91 Å². The Hall–Kier alpha value is -2.62. The summed E-state index contributed by atoms with van der Waals surface area (Å²) in [6, 6.07) is 14.2. The van der Waals surface area contributed by atoms with Gasteiger partial charge in [-0.25, -0.2) is 4.79 Å². The quantitative estimate of drug-likeness (QED) is 0.672. The van der Waals surface area contributed by atoms with Gasteiger partial charge < -0.3 is 10.1 Å². The molecule has 3 rings (SSSR count). The predicted molar refractivity (Wildman–Crippen MR) is 74.8 cm³/mol. The van der Waals surface area contributed by atoms with Gasteiger partial charge in [-0.1, -0.05) is 24.3 Å². The van der Waals surface area contributed by atoms with Crippen molar-refractivity contribution in [3.63, 3.8) is 0 Å². The molecule has 1 aliphatic heterocycles. The third-order valence-electron chi connectivity index (χ3n) is 3.22. The summed E-state index contributed by atoms with van der Waals surface area (Å²) >= 11 is 0. The minimum atomic E-state index is -0.393. The molecule has 4 heteroatoms. The summed E-state index contributed by atoms with van der Waals surface area (Å²) in [5.74, 6) is 0.108. The van der Waals surface area contributed by atoms with Crippen LogP contribution in [0.4, 0.5) is 5.69 Å². The lowest BCUT2D eigenvalue weighted by molar-refractivity contribution is -0.116. The van der Waals surface area contributed by atoms with Crippen molar-refractivity contribution in [2.75, 3.05) is 5.32 Å². The molecule has 0 bridgehead atoms. The molecule has 0 radical (unpaired) electrons. The highest BCUT2D eigenvalue weighted by molar-refractivity contribution is 5.95. The van der Waals surface area contributed by atoms with Gasteiger partial charge in [0.1, 0.15) is 5.75 Å². The number of esters is 1. The molecule has 2 aromatic rings. The molecule has 0 aromatic heterocycles. The first kappa shape index (κ1) is 12.4. The summed E-state index contributed by atoms with van der Waals surface area (Å²) in [4.78, 5) is 23.4. The molecule has 1 N–H and O–H groups in total. The first-order valence-electron chi connectivity index (χ1n) is 6.43. The second-order valence-electron chi connectivity index (χ2n) is 4.59. The fraction of sp³-hybridized carbons (Fsp3) is 0.125. The molecule has 4 nitrogen and oxygen atoms in total. The van der Waals surface area contributed by atoms with Crippen LogP contribution in [0.15, 0.2) is 48.5 Å². The van der Waals surface area contributed by atoms with Crippen molar-refractivity contribution in [3.05, 3.63) is 59.7 Å². The van der Waals surface area contributed by atoms with Gasteiger partial charge in [0.05, 0.1) is 5.56 Å². The summed E-state index contributed by atoms with van der Waals surface area (Å²) in [5, 5.41) is 2.78. The van der Waals surface area contributed by atoms with Crippen LogP contribution in [0.1, 0.15) is 22.3 Å². The largest absolute Gasteiger partial charge is 0.423 e. The fourth-order valence-electron chi connectivity index (χ4n) is 2.22. The molecule has 0 saturated carbocycles. The number of hydrogen-bond donors (Lipinski definition) is 1. The van der Waals surface area contributed by atoms with Crippen LogP contribution in [-0.2, 0) is 11.2 Å². The van der Waals surface area contributed by atoms with Crippen molar-refractivity contribution in [3.8, 4) is 5.75 Å². The summed E-state index contributed by atoms with van der Waals surface area (Å²) in [7, 11) is 0. The summed E-state index contributed by atoms with van der Waals surface area (Å²) in [5.41, 5.74) is 2.10. The Balaban J connectivity index is 1.87. The Kier molecular flexibility index (Phi) is 3.21. The molecular weight excluding hydrogens is 254 g/mol. The normalized spacial score (nSPS) is 13.3. The zero-order valence-corrected chi connectivity index (χ0v) is 10.8. The van der Waals surface area contributed by atoms with E-state index in [1.807, 2.05) is 12.1 Å². The van der Waals surface area contributed by atoms with Crippen LogP contribution in [-0.4, -0.2) is 11.9 Å². The topological polar surface area (TPSA) is 55.4 Å². The Labute approximate surface area is 116 Å². The van der Waals surface area contributed by atoms with E-state index in [1.165, 1.54) is 0 Å². The van der Waals surface area contributed by atoms with Crippen molar-refractivity contribution < 1.29 is 14.3 Å². The maximum atomic E-state index is 12.1. The number of amides is 1. The van der Waals surface area contributed by atoms with Crippen LogP contribution in [0.25, 0.3) is 0 Å². The van der Waals surface area contributed by atoms with E-state index in [0.717, 1.165) is 11.3 Å². The minimum absolute atomic E-state index is 0.0102. The number of carbonyl (C=O) groups excluding carboxylic acids is 2. The first-order valence-corrected chi connectivity index (χ1v) is 6.43. The SMILES string of the molecule is O=C1CCc2c(cccc2OC(=O)c2ccccc2)N1. The summed E-state index contributed by atoms with van der Waals surface area (Å²) in [6.45, 7) is 0. The number of nitrogens with one attached hydrogen (secondary N) is 1. The lowest BCUT2D eigenvalue weighted by atomic mass is 10.0. The molecule has 0 saturated heterocycles. The average Bonchev–Trinajstić information content (AvgIpc) is 2.48. The van der Waals surface area contributed by atoms with Crippen molar-refractivity contribution in [2.45, 2.75) is 12.8 Å². The van der Waals surface area contributed by atoms with E-state index < -0.39 is 5.97 Å². The highest BCUT2D eigenvalue weighted by Gasteiger charge is 2.20. The molecule has 0 unspecified atom stereocenters. The molecule has 0 fully saturated rings. The van der Waals surface area contributed by atoms with Crippen molar-refractivity contribution in [2.24, 2.45) is 0 Å². The molecule has 1 amide bonds. The van der Waals surface area contributed by atoms with Gasteiger partial charge in [0.15, 0.2) is 0 Å². The van der Waals surface area contributed by atoms with Gasteiger partial charge in [-0.2, -0.15) is 0 Å². The van der Waals surface area contributed by atoms with Gasteiger partial charge in [0.25, 0.3) is 0 Å². The van der Waals surface area contributed by atoms with Gasteiger partial charge in [0.2, 0.25) is 5.91 Å². The predicted octanol–water partition coefficient (Wildman–Crippen LogP) is 2.79. The van der Waals surface area contributed by atoms with Gasteiger partial charge >= 0.3 is 5.97 Å². The first-order chi connectivity index (χ1) is 9.74. The summed E-state index contributed by atoms with van der Waals surface area (Å²) < 4.78 is 5.44. The van der Waals surface area contributed by atoms with E-state index in [2.05, 4.69) is 5.32 Å². The van der Waals surface area contributed by atoms with Crippen LogP contribution >= 0.6 is 0 Å². The Morgan fingerprint density at radius 1 is 1.00 bits per heavy atom. The van der Waals surface area contributed by atoms with Crippen LogP contribution in [0.5, 0.6) is 5.75 Å². The summed E-state index contributed by atoms with van der Waals surface area (Å²) in [6.07, 6.45) is 0.992. The number of benzene rings is 2. The highest BCUT2D eigenvalue weighted by atomic mass is 16.5. The number of ether oxygens (including phenoxy) is 1. The molecule has 2 aromatic carbocycles. The lowest BCUT2D eigenvalue weighted by Gasteiger charge is -2.19. The maximum absolute atomic E-state index is 12.1. The van der Waals surface area contributed by atoms with E-state index in [4.69, 9.17) is 4.74 Å². The standard InChI is InChI=1S/C16H13NO3/c18-15-10-9-12-13(17-15)7-4-8-14(12)20-16(19)11-5-2-1-3-6-11/h1-8H,9-10H2,(H,17,18). The number of fused-ring (bicyclic) bond motifs is 1. The Bertz CT molecular complexity index is 665. The van der Waals surface area contributed by atoms with Crippen LogP contribution < -0.4 is 10.1 Å². The fourth-order valence-corrected chi connectivity index (χ4v) is 2.22. The molecule has 1 aliphatic rings. The van der Waals surface area contributed by atoms with E-state index in [1.54, 1.807) is 36.4 Å². The smallest absolute Gasteiger partial charge is 0.343 e. The third-order valence-corrected chi connectivity index (χ3v) is 3.22. The highest BCUT2D eigenvalue weighted by Crippen LogP contribution is 2.31. The molecule has 0 aliphatic carbocycles. The number of carbonyl (C=O) groups is 2. The van der Waals surface area contributed by atoms with E-state index in [0.29, 0.717) is 24.2 Å². The molecule has 100 valence electrons. The lowest BCUT2D eigenvalue weighted by Crippen LogP contribution is -2.20. The molecule has 1 heterocycles. The number of anilines is 1. The van der Waals surface area contributed by atoms with Crippen LogP contribution in [0.2, 0.25) is 0 Å². The van der Waals surface area contributed by atoms with E-state index in [9.17, 15) is 9.59 Å². The molecule has 20 heavy (non-hydrogen) atoms. The van der Waals surface area contributed by atoms with Gasteiger partial charge in [-0.3, -0.25) is 4.79 Å². The second kappa shape index (κ2) is 5.17. The third kappa shape index (κ3) is 2.40. The number of hydrogen-bond acceptors (Lipinski definition) is 3. The Morgan fingerprint density at radius 2 is 1.80 bits per heavy atom. The van der Waals surface area contributed by atoms with Gasteiger partial charge in [-0.05, 0) is 30.7 Å². The average molecular weight is 267 g/mol. The monoisotopic (exact) mass is 267 g/mol. The number of rotatable bonds is 2. The van der Waals surface area contributed by atoms with Crippen molar-refractivity contribution >= 4 is 17.6 Å². The minimum Gasteiger partial charge on any atom is -0.423 e. The molecular formula is C16H13NO3. The zero-order chi connectivity index (χ0) is 13.9. The second-order valence-corrected chi connectivity index (χ2v) is 4.59. The van der Waals surface area contributed by atoms with Crippen molar-refractivity contribution in [1.82, 2.24) is 0 Å². The molecule has 0 atom stereocenters. The van der Waals surface area contributed by atoms with E-state index >= 15 is 0 Å².